The lowest BCUT2D eigenvalue weighted by atomic mass is 9.87. The predicted molar refractivity (Wildman–Crippen MR) is 142 cm³/mol. The average molecular weight is 435 g/mol. The number of hydrogen-bond donors (Lipinski definition) is 0. The highest BCUT2D eigenvalue weighted by molar-refractivity contribution is 8.10. The zero-order chi connectivity index (χ0) is 23.2. The van der Waals surface area contributed by atoms with E-state index in [9.17, 15) is 0 Å². The molecule has 2 rings (SSSR count). The van der Waals surface area contributed by atoms with Crippen molar-refractivity contribution < 1.29 is 0 Å². The second kappa shape index (κ2) is 10.9. The third-order valence-electron chi connectivity index (χ3n) is 5.49. The number of nitrogens with zero attached hydrogens (tertiary/aromatic N) is 2. The third kappa shape index (κ3) is 7.43. The number of aliphatic imine (C=N–C) groups is 1. The van der Waals surface area contributed by atoms with E-state index in [-0.39, 0.29) is 5.41 Å². The number of allylic oxidation sites excluding steroid dienone is 1. The van der Waals surface area contributed by atoms with Crippen LogP contribution in [0.5, 0.6) is 0 Å². The Kier molecular flexibility index (Phi) is 8.76. The molecule has 2 aromatic carbocycles. The SMILES string of the molecule is C=C(S/C=C(\C)Cc1cc(C)c(N=CN(C)CC)cc1C)c1ccc(C(C)(C)C)cc1. The zero-order valence-electron chi connectivity index (χ0n) is 20.5. The lowest BCUT2D eigenvalue weighted by Crippen LogP contribution is -2.14. The van der Waals surface area contributed by atoms with E-state index >= 15 is 0 Å². The summed E-state index contributed by atoms with van der Waals surface area (Å²) in [6, 6.07) is 13.3. The lowest BCUT2D eigenvalue weighted by molar-refractivity contribution is 0.552. The van der Waals surface area contributed by atoms with Gasteiger partial charge in [-0.15, -0.1) is 0 Å². The van der Waals surface area contributed by atoms with Gasteiger partial charge in [-0.3, -0.25) is 0 Å². The van der Waals surface area contributed by atoms with Crippen LogP contribution in [0.15, 0.2) is 59.0 Å². The molecule has 0 saturated carbocycles. The molecule has 0 heterocycles. The van der Waals surface area contributed by atoms with Crippen LogP contribution in [0.3, 0.4) is 0 Å². The van der Waals surface area contributed by atoms with E-state index in [1.165, 1.54) is 33.4 Å². The Morgan fingerprint density at radius 3 is 2.32 bits per heavy atom. The predicted octanol–water partition coefficient (Wildman–Crippen LogP) is 8.06. The molecule has 2 aromatic rings. The fourth-order valence-corrected chi connectivity index (χ4v) is 3.87. The summed E-state index contributed by atoms with van der Waals surface area (Å²) in [5.74, 6) is 0. The van der Waals surface area contributed by atoms with Gasteiger partial charge in [0.2, 0.25) is 0 Å². The summed E-state index contributed by atoms with van der Waals surface area (Å²) in [4.78, 5) is 7.80. The molecule has 0 aliphatic carbocycles. The van der Waals surface area contributed by atoms with Crippen molar-refractivity contribution in [1.82, 2.24) is 4.90 Å². The maximum absolute atomic E-state index is 4.64. The monoisotopic (exact) mass is 434 g/mol. The van der Waals surface area contributed by atoms with E-state index in [2.05, 4.69) is 107 Å². The van der Waals surface area contributed by atoms with Crippen molar-refractivity contribution >= 4 is 28.7 Å². The Hall–Kier alpha value is -2.26. The Morgan fingerprint density at radius 1 is 1.10 bits per heavy atom. The van der Waals surface area contributed by atoms with Crippen LogP contribution in [0.25, 0.3) is 4.91 Å². The molecule has 166 valence electrons. The molecule has 0 aromatic heterocycles. The fraction of sp³-hybridized carbons (Fsp3) is 0.393. The smallest absolute Gasteiger partial charge is 0.0909 e. The minimum atomic E-state index is 0.173. The molecule has 0 saturated heterocycles. The van der Waals surface area contributed by atoms with Crippen LogP contribution in [0.4, 0.5) is 5.69 Å². The molecule has 0 atom stereocenters. The Bertz CT molecular complexity index is 960. The van der Waals surface area contributed by atoms with Gasteiger partial charge in [0.1, 0.15) is 0 Å². The first-order chi connectivity index (χ1) is 14.5. The highest BCUT2D eigenvalue weighted by atomic mass is 32.2. The maximum Gasteiger partial charge on any atom is 0.0909 e. The normalized spacial score (nSPS) is 12.5. The number of aryl methyl sites for hydroxylation is 2. The molecule has 0 aliphatic heterocycles. The van der Waals surface area contributed by atoms with Crippen LogP contribution < -0.4 is 0 Å². The van der Waals surface area contributed by atoms with Crippen LogP contribution in [0.2, 0.25) is 0 Å². The molecule has 0 fully saturated rings. The summed E-state index contributed by atoms with van der Waals surface area (Å²) in [7, 11) is 2.04. The molecule has 31 heavy (non-hydrogen) atoms. The summed E-state index contributed by atoms with van der Waals surface area (Å²) in [6.45, 7) is 20.6. The van der Waals surface area contributed by atoms with E-state index in [1.54, 1.807) is 11.8 Å². The summed E-state index contributed by atoms with van der Waals surface area (Å²) < 4.78 is 0. The molecule has 0 N–H and O–H groups in total. The first kappa shape index (κ1) is 25.0. The van der Waals surface area contributed by atoms with E-state index < -0.39 is 0 Å². The summed E-state index contributed by atoms with van der Waals surface area (Å²) in [6.07, 6.45) is 2.84. The number of hydrogen-bond acceptors (Lipinski definition) is 2. The van der Waals surface area contributed by atoms with Gasteiger partial charge in [-0.05, 0) is 78.8 Å². The highest BCUT2D eigenvalue weighted by Gasteiger charge is 2.13. The van der Waals surface area contributed by atoms with Crippen molar-refractivity contribution in [2.24, 2.45) is 4.99 Å². The topological polar surface area (TPSA) is 15.6 Å². The van der Waals surface area contributed by atoms with Crippen LogP contribution >= 0.6 is 11.8 Å². The Balaban J connectivity index is 2.05. The van der Waals surface area contributed by atoms with Crippen molar-refractivity contribution in [1.29, 1.82) is 0 Å². The number of benzene rings is 2. The molecule has 0 amide bonds. The molecule has 0 unspecified atom stereocenters. The number of thioether (sulfide) groups is 1. The van der Waals surface area contributed by atoms with Crippen molar-refractivity contribution in [2.45, 2.75) is 60.3 Å². The van der Waals surface area contributed by atoms with Crippen molar-refractivity contribution in [3.63, 3.8) is 0 Å². The van der Waals surface area contributed by atoms with Gasteiger partial charge in [-0.25, -0.2) is 4.99 Å². The zero-order valence-corrected chi connectivity index (χ0v) is 21.4. The van der Waals surface area contributed by atoms with Crippen molar-refractivity contribution in [3.8, 4) is 0 Å². The first-order valence-corrected chi connectivity index (χ1v) is 11.9. The molecule has 0 bridgehead atoms. The third-order valence-corrected chi connectivity index (χ3v) is 6.53. The van der Waals surface area contributed by atoms with Gasteiger partial charge >= 0.3 is 0 Å². The quantitative estimate of drug-likeness (QED) is 0.308. The van der Waals surface area contributed by atoms with Crippen molar-refractivity contribution in [3.05, 3.63) is 81.8 Å². The van der Waals surface area contributed by atoms with Gasteiger partial charge in [-0.2, -0.15) is 0 Å². The van der Waals surface area contributed by atoms with E-state index in [4.69, 9.17) is 0 Å². The summed E-state index contributed by atoms with van der Waals surface area (Å²) >= 11 is 1.71. The molecule has 0 radical (unpaired) electrons. The van der Waals surface area contributed by atoms with E-state index in [0.29, 0.717) is 0 Å². The molecule has 0 spiro atoms. The minimum Gasteiger partial charge on any atom is -0.366 e. The van der Waals surface area contributed by atoms with Gasteiger partial charge < -0.3 is 4.90 Å². The van der Waals surface area contributed by atoms with Gasteiger partial charge in [-0.1, -0.05) is 75.0 Å². The maximum atomic E-state index is 4.64. The Labute approximate surface area is 194 Å². The first-order valence-electron chi connectivity index (χ1n) is 11.0. The van der Waals surface area contributed by atoms with E-state index in [0.717, 1.165) is 23.6 Å². The molecule has 3 heteroatoms. The summed E-state index contributed by atoms with van der Waals surface area (Å²) in [5.41, 5.74) is 8.94. The van der Waals surface area contributed by atoms with Crippen LogP contribution in [0.1, 0.15) is 62.4 Å². The van der Waals surface area contributed by atoms with Crippen molar-refractivity contribution in [2.75, 3.05) is 13.6 Å². The van der Waals surface area contributed by atoms with Crippen LogP contribution in [-0.2, 0) is 11.8 Å². The molecule has 0 aliphatic rings. The van der Waals surface area contributed by atoms with Gasteiger partial charge in [0, 0.05) is 18.5 Å². The van der Waals surface area contributed by atoms with Gasteiger partial charge in [0.15, 0.2) is 0 Å². The van der Waals surface area contributed by atoms with Gasteiger partial charge in [0.05, 0.1) is 12.0 Å². The second-order valence-electron chi connectivity index (χ2n) is 9.39. The average Bonchev–Trinajstić information content (AvgIpc) is 2.72. The van der Waals surface area contributed by atoms with E-state index in [1.807, 2.05) is 13.4 Å². The van der Waals surface area contributed by atoms with Gasteiger partial charge in [0.25, 0.3) is 0 Å². The second-order valence-corrected chi connectivity index (χ2v) is 10.4. The fourth-order valence-electron chi connectivity index (χ4n) is 3.17. The molecular formula is C28H38N2S. The standard InChI is InChI=1S/C28H38N2S/c1-10-30(9)19-29-27-17-21(3)25(16-22(27)4)15-20(2)18-31-23(5)24-11-13-26(14-12-24)28(6,7)8/h11-14,16-19H,5,10,15H2,1-4,6-9H3/b20-18+,29-19?. The molecular weight excluding hydrogens is 396 g/mol. The lowest BCUT2D eigenvalue weighted by Gasteiger charge is -2.19. The largest absolute Gasteiger partial charge is 0.366 e. The van der Waals surface area contributed by atoms with Crippen LogP contribution in [-0.4, -0.2) is 24.8 Å². The molecule has 2 nitrogen and oxygen atoms in total. The Morgan fingerprint density at radius 2 is 1.74 bits per heavy atom. The minimum absolute atomic E-state index is 0.173. The number of rotatable bonds is 8. The summed E-state index contributed by atoms with van der Waals surface area (Å²) in [5, 5.41) is 2.23. The van der Waals surface area contributed by atoms with Crippen LogP contribution in [0, 0.1) is 13.8 Å². The highest BCUT2D eigenvalue weighted by Crippen LogP contribution is 2.31.